The van der Waals surface area contributed by atoms with Gasteiger partial charge in [0.2, 0.25) is 5.91 Å². The Balaban J connectivity index is 2.35. The number of carbonyl (C=O) groups excluding carboxylic acids is 2. The molecule has 0 radical (unpaired) electrons. The van der Waals surface area contributed by atoms with Crippen LogP contribution >= 0.6 is 12.2 Å². The first-order valence-corrected chi connectivity index (χ1v) is 6.74. The summed E-state index contributed by atoms with van der Waals surface area (Å²) < 4.78 is 4.76. The Morgan fingerprint density at radius 2 is 1.95 bits per heavy atom. The SMILES string of the molecule is CCOC(=O)CCNC(=O)Cc1ccc(C(N)=S)cc1. The molecule has 1 aromatic rings. The summed E-state index contributed by atoms with van der Waals surface area (Å²) in [7, 11) is 0. The Bertz CT molecular complexity index is 486. The van der Waals surface area contributed by atoms with Crippen molar-refractivity contribution in [3.05, 3.63) is 35.4 Å². The molecule has 1 amide bonds. The first kappa shape index (κ1) is 16.1. The minimum Gasteiger partial charge on any atom is -0.466 e. The molecular weight excluding hydrogens is 276 g/mol. The number of thiocarbonyl (C=S) groups is 1. The smallest absolute Gasteiger partial charge is 0.307 e. The van der Waals surface area contributed by atoms with Crippen LogP contribution in [0, 0.1) is 0 Å². The van der Waals surface area contributed by atoms with Crippen LogP contribution in [0.3, 0.4) is 0 Å². The molecule has 0 aromatic heterocycles. The lowest BCUT2D eigenvalue weighted by Crippen LogP contribution is -2.28. The van der Waals surface area contributed by atoms with Gasteiger partial charge in [-0.25, -0.2) is 0 Å². The van der Waals surface area contributed by atoms with Gasteiger partial charge >= 0.3 is 5.97 Å². The van der Waals surface area contributed by atoms with Crippen molar-refractivity contribution in [3.63, 3.8) is 0 Å². The molecule has 108 valence electrons. The van der Waals surface area contributed by atoms with Gasteiger partial charge in [-0.15, -0.1) is 0 Å². The molecule has 3 N–H and O–H groups in total. The van der Waals surface area contributed by atoms with Gasteiger partial charge in [0.15, 0.2) is 0 Å². The number of nitrogens with two attached hydrogens (primary N) is 1. The van der Waals surface area contributed by atoms with E-state index in [0.717, 1.165) is 11.1 Å². The van der Waals surface area contributed by atoms with E-state index in [0.29, 0.717) is 11.6 Å². The van der Waals surface area contributed by atoms with E-state index in [2.05, 4.69) is 5.32 Å². The minimum absolute atomic E-state index is 0.141. The number of ether oxygens (including phenoxy) is 1. The maximum atomic E-state index is 11.7. The van der Waals surface area contributed by atoms with Crippen LogP contribution in [0.1, 0.15) is 24.5 Å². The summed E-state index contributed by atoms with van der Waals surface area (Å²) in [4.78, 5) is 23.1. The number of hydrogen-bond acceptors (Lipinski definition) is 4. The van der Waals surface area contributed by atoms with Crippen molar-refractivity contribution in [2.45, 2.75) is 19.8 Å². The van der Waals surface area contributed by atoms with Crippen LogP contribution in [0.4, 0.5) is 0 Å². The molecule has 5 nitrogen and oxygen atoms in total. The Kier molecular flexibility index (Phi) is 6.66. The minimum atomic E-state index is -0.311. The van der Waals surface area contributed by atoms with Crippen LogP contribution in [0.15, 0.2) is 24.3 Å². The lowest BCUT2D eigenvalue weighted by Gasteiger charge is -2.06. The molecule has 0 heterocycles. The van der Waals surface area contributed by atoms with Crippen LogP contribution in [-0.4, -0.2) is 30.0 Å². The molecule has 1 aromatic carbocycles. The van der Waals surface area contributed by atoms with E-state index in [1.54, 1.807) is 31.2 Å². The lowest BCUT2D eigenvalue weighted by molar-refractivity contribution is -0.143. The van der Waals surface area contributed by atoms with Gasteiger partial charge in [-0.3, -0.25) is 9.59 Å². The van der Waals surface area contributed by atoms with Gasteiger partial charge in [0, 0.05) is 12.1 Å². The van der Waals surface area contributed by atoms with Crippen molar-refractivity contribution in [3.8, 4) is 0 Å². The molecule has 0 spiro atoms. The van der Waals surface area contributed by atoms with E-state index >= 15 is 0 Å². The Morgan fingerprint density at radius 3 is 2.50 bits per heavy atom. The number of rotatable bonds is 7. The zero-order valence-corrected chi connectivity index (χ0v) is 12.2. The normalized spacial score (nSPS) is 9.85. The van der Waals surface area contributed by atoms with Crippen LogP contribution in [0.2, 0.25) is 0 Å². The third-order valence-electron chi connectivity index (χ3n) is 2.56. The Hall–Kier alpha value is -1.95. The van der Waals surface area contributed by atoms with Crippen LogP contribution < -0.4 is 11.1 Å². The summed E-state index contributed by atoms with van der Waals surface area (Å²) in [5.41, 5.74) is 7.12. The highest BCUT2D eigenvalue weighted by Crippen LogP contribution is 2.05. The van der Waals surface area contributed by atoms with Crippen molar-refractivity contribution in [1.29, 1.82) is 0 Å². The predicted octanol–water partition coefficient (Wildman–Crippen LogP) is 0.933. The van der Waals surface area contributed by atoms with Gasteiger partial charge in [0.1, 0.15) is 4.99 Å². The quantitative estimate of drug-likeness (QED) is 0.577. The maximum Gasteiger partial charge on any atom is 0.307 e. The van der Waals surface area contributed by atoms with E-state index < -0.39 is 0 Å². The second-order valence-electron chi connectivity index (χ2n) is 4.14. The molecule has 20 heavy (non-hydrogen) atoms. The monoisotopic (exact) mass is 294 g/mol. The van der Waals surface area contributed by atoms with Crippen molar-refractivity contribution >= 4 is 29.1 Å². The summed E-state index contributed by atoms with van der Waals surface area (Å²) in [6, 6.07) is 7.17. The van der Waals surface area contributed by atoms with E-state index in [1.165, 1.54) is 0 Å². The first-order chi connectivity index (χ1) is 9.52. The van der Waals surface area contributed by atoms with E-state index in [-0.39, 0.29) is 31.3 Å². The highest BCUT2D eigenvalue weighted by atomic mass is 32.1. The third-order valence-corrected chi connectivity index (χ3v) is 2.80. The Labute approximate surface area is 123 Å². The molecule has 0 unspecified atom stereocenters. The number of esters is 1. The molecule has 0 fully saturated rings. The summed E-state index contributed by atoms with van der Waals surface area (Å²) in [6.07, 6.45) is 0.431. The third kappa shape index (κ3) is 5.79. The van der Waals surface area contributed by atoms with Gasteiger partial charge in [0.25, 0.3) is 0 Å². The molecule has 0 aliphatic rings. The second-order valence-corrected chi connectivity index (χ2v) is 4.58. The fourth-order valence-corrected chi connectivity index (χ4v) is 1.71. The molecule has 6 heteroatoms. The van der Waals surface area contributed by atoms with E-state index in [9.17, 15) is 9.59 Å². The van der Waals surface area contributed by atoms with Crippen molar-refractivity contribution in [2.75, 3.05) is 13.2 Å². The fraction of sp³-hybridized carbons (Fsp3) is 0.357. The van der Waals surface area contributed by atoms with Crippen molar-refractivity contribution in [1.82, 2.24) is 5.32 Å². The summed E-state index contributed by atoms with van der Waals surface area (Å²) in [5, 5.41) is 2.67. The standard InChI is InChI=1S/C14H18N2O3S/c1-2-19-13(18)7-8-16-12(17)9-10-3-5-11(6-4-10)14(15)20/h3-6H,2,7-9H2,1H3,(H2,15,20)(H,16,17). The molecule has 0 saturated heterocycles. The van der Waals surface area contributed by atoms with Gasteiger partial charge in [-0.2, -0.15) is 0 Å². The van der Waals surface area contributed by atoms with Gasteiger partial charge in [0.05, 0.1) is 19.4 Å². The van der Waals surface area contributed by atoms with E-state index in [4.69, 9.17) is 22.7 Å². The average Bonchev–Trinajstić information content (AvgIpc) is 2.39. The van der Waals surface area contributed by atoms with Crippen LogP contribution in [0.5, 0.6) is 0 Å². The zero-order valence-electron chi connectivity index (χ0n) is 11.3. The number of carbonyl (C=O) groups is 2. The number of nitrogens with one attached hydrogen (secondary N) is 1. The van der Waals surface area contributed by atoms with Crippen LogP contribution in [-0.2, 0) is 20.7 Å². The molecule has 0 aliphatic heterocycles. The van der Waals surface area contributed by atoms with Crippen molar-refractivity contribution in [2.24, 2.45) is 5.73 Å². The summed E-state index contributed by atoms with van der Waals surface area (Å²) >= 11 is 4.85. The average molecular weight is 294 g/mol. The summed E-state index contributed by atoms with van der Waals surface area (Å²) in [6.45, 7) is 2.37. The number of benzene rings is 1. The van der Waals surface area contributed by atoms with Crippen molar-refractivity contribution < 1.29 is 14.3 Å². The highest BCUT2D eigenvalue weighted by Gasteiger charge is 2.06. The van der Waals surface area contributed by atoms with Crippen LogP contribution in [0.25, 0.3) is 0 Å². The first-order valence-electron chi connectivity index (χ1n) is 6.34. The molecule has 0 saturated carbocycles. The van der Waals surface area contributed by atoms with Gasteiger partial charge in [-0.1, -0.05) is 36.5 Å². The maximum absolute atomic E-state index is 11.7. The largest absolute Gasteiger partial charge is 0.466 e. The molecule has 0 bridgehead atoms. The summed E-state index contributed by atoms with van der Waals surface area (Å²) in [5.74, 6) is -0.453. The topological polar surface area (TPSA) is 81.4 Å². The molecule has 0 aliphatic carbocycles. The van der Waals surface area contributed by atoms with E-state index in [1.807, 2.05) is 0 Å². The Morgan fingerprint density at radius 1 is 1.30 bits per heavy atom. The predicted molar refractivity (Wildman–Crippen MR) is 80.3 cm³/mol. The molecular formula is C14H18N2O3S. The second kappa shape index (κ2) is 8.27. The van der Waals surface area contributed by atoms with Gasteiger partial charge < -0.3 is 15.8 Å². The van der Waals surface area contributed by atoms with Gasteiger partial charge in [-0.05, 0) is 12.5 Å². The molecule has 1 rings (SSSR count). The number of hydrogen-bond donors (Lipinski definition) is 2. The molecule has 0 atom stereocenters. The number of amides is 1. The fourth-order valence-electron chi connectivity index (χ4n) is 1.57. The highest BCUT2D eigenvalue weighted by molar-refractivity contribution is 7.80. The zero-order chi connectivity index (χ0) is 15.0. The lowest BCUT2D eigenvalue weighted by atomic mass is 10.1.